The van der Waals surface area contributed by atoms with Crippen molar-refractivity contribution >= 4 is 0 Å². The van der Waals surface area contributed by atoms with Crippen LogP contribution in [0.25, 0.3) is 0 Å². The fourth-order valence-corrected chi connectivity index (χ4v) is 0.700. The summed E-state index contributed by atoms with van der Waals surface area (Å²) in [5.41, 5.74) is 3.79. The average molecular weight is 186 g/mol. The van der Waals surface area contributed by atoms with Crippen molar-refractivity contribution in [3.05, 3.63) is 72.9 Å². The SMILES string of the molecule is C=C(C)/C=C\C(=C)C(=C)/C=C\C(=C)C. The molecule has 0 saturated carbocycles. The molecule has 0 aromatic carbocycles. The summed E-state index contributed by atoms with van der Waals surface area (Å²) in [4.78, 5) is 0. The van der Waals surface area contributed by atoms with E-state index in [4.69, 9.17) is 0 Å². The summed E-state index contributed by atoms with van der Waals surface area (Å²) in [6, 6.07) is 0. The normalized spacial score (nSPS) is 10.7. The van der Waals surface area contributed by atoms with Crippen LogP contribution in [0.4, 0.5) is 0 Å². The molecule has 0 N–H and O–H groups in total. The molecule has 0 saturated heterocycles. The Hall–Kier alpha value is -1.56. The first kappa shape index (κ1) is 12.4. The zero-order chi connectivity index (χ0) is 11.1. The van der Waals surface area contributed by atoms with Gasteiger partial charge in [0.2, 0.25) is 0 Å². The van der Waals surface area contributed by atoms with Crippen molar-refractivity contribution in [2.24, 2.45) is 0 Å². The van der Waals surface area contributed by atoms with Gasteiger partial charge in [-0.15, -0.1) is 0 Å². The molecule has 0 heteroatoms. The Morgan fingerprint density at radius 3 is 1.14 bits per heavy atom. The quantitative estimate of drug-likeness (QED) is 0.559. The summed E-state index contributed by atoms with van der Waals surface area (Å²) in [5.74, 6) is 0. The fraction of sp³-hybridized carbons (Fsp3) is 0.143. The minimum atomic E-state index is 0.894. The molecule has 0 bridgehead atoms. The molecule has 0 amide bonds. The molecule has 0 unspecified atom stereocenters. The highest BCUT2D eigenvalue weighted by atomic mass is 14.0. The molecule has 0 fully saturated rings. The van der Waals surface area contributed by atoms with Crippen LogP contribution >= 0.6 is 0 Å². The summed E-state index contributed by atoms with van der Waals surface area (Å²) in [7, 11) is 0. The first-order valence-electron chi connectivity index (χ1n) is 4.49. The van der Waals surface area contributed by atoms with Crippen LogP contribution in [-0.4, -0.2) is 0 Å². The van der Waals surface area contributed by atoms with Crippen molar-refractivity contribution in [3.8, 4) is 0 Å². The number of allylic oxidation sites excluding steroid dienone is 8. The van der Waals surface area contributed by atoms with Crippen molar-refractivity contribution in [2.75, 3.05) is 0 Å². The molecule has 0 aromatic rings. The van der Waals surface area contributed by atoms with Gasteiger partial charge in [0, 0.05) is 0 Å². The zero-order valence-corrected chi connectivity index (χ0v) is 9.14. The Morgan fingerprint density at radius 2 is 0.929 bits per heavy atom. The van der Waals surface area contributed by atoms with E-state index in [0.717, 1.165) is 22.3 Å². The maximum Gasteiger partial charge on any atom is -0.0262 e. The van der Waals surface area contributed by atoms with Crippen LogP contribution in [0.5, 0.6) is 0 Å². The van der Waals surface area contributed by atoms with E-state index >= 15 is 0 Å². The van der Waals surface area contributed by atoms with Crippen LogP contribution in [0.2, 0.25) is 0 Å². The van der Waals surface area contributed by atoms with Crippen LogP contribution in [0, 0.1) is 0 Å². The van der Waals surface area contributed by atoms with Crippen molar-refractivity contribution in [3.63, 3.8) is 0 Å². The molecule has 0 nitrogen and oxygen atoms in total. The van der Waals surface area contributed by atoms with Gasteiger partial charge in [0.15, 0.2) is 0 Å². The van der Waals surface area contributed by atoms with Crippen LogP contribution in [0.15, 0.2) is 72.9 Å². The Morgan fingerprint density at radius 1 is 0.643 bits per heavy atom. The lowest BCUT2D eigenvalue weighted by molar-refractivity contribution is 1.50. The van der Waals surface area contributed by atoms with Gasteiger partial charge in [-0.2, -0.15) is 0 Å². The van der Waals surface area contributed by atoms with E-state index < -0.39 is 0 Å². The predicted octanol–water partition coefficient (Wildman–Crippen LogP) is 4.36. The molecule has 0 rings (SSSR count). The maximum absolute atomic E-state index is 3.90. The van der Waals surface area contributed by atoms with Crippen molar-refractivity contribution in [2.45, 2.75) is 13.8 Å². The number of hydrogen-bond donors (Lipinski definition) is 0. The lowest BCUT2D eigenvalue weighted by atomic mass is 10.1. The van der Waals surface area contributed by atoms with Gasteiger partial charge in [-0.05, 0) is 25.0 Å². The molecule has 0 heterocycles. The molecule has 0 aromatic heterocycles. The summed E-state index contributed by atoms with van der Waals surface area (Å²) >= 11 is 0. The van der Waals surface area contributed by atoms with E-state index in [2.05, 4.69) is 26.3 Å². The number of rotatable bonds is 5. The second-order valence-corrected chi connectivity index (χ2v) is 3.41. The zero-order valence-electron chi connectivity index (χ0n) is 9.14. The molecule has 0 aliphatic carbocycles. The molecule has 0 atom stereocenters. The van der Waals surface area contributed by atoms with E-state index in [1.165, 1.54) is 0 Å². The van der Waals surface area contributed by atoms with Crippen LogP contribution < -0.4 is 0 Å². The topological polar surface area (TPSA) is 0 Å². The van der Waals surface area contributed by atoms with Gasteiger partial charge < -0.3 is 0 Å². The highest BCUT2D eigenvalue weighted by molar-refractivity contribution is 5.45. The molecule has 0 spiro atoms. The van der Waals surface area contributed by atoms with Gasteiger partial charge >= 0.3 is 0 Å². The van der Waals surface area contributed by atoms with Gasteiger partial charge in [-0.3, -0.25) is 0 Å². The highest BCUT2D eigenvalue weighted by Gasteiger charge is 1.90. The minimum Gasteiger partial charge on any atom is -0.0961 e. The minimum absolute atomic E-state index is 0.894. The second kappa shape index (κ2) is 5.98. The molecular weight excluding hydrogens is 168 g/mol. The second-order valence-electron chi connectivity index (χ2n) is 3.41. The molecule has 0 aliphatic rings. The molecule has 14 heavy (non-hydrogen) atoms. The summed E-state index contributed by atoms with van der Waals surface area (Å²) in [6.45, 7) is 19.2. The summed E-state index contributed by atoms with van der Waals surface area (Å²) in [5, 5.41) is 0. The third-order valence-electron chi connectivity index (χ3n) is 1.55. The van der Waals surface area contributed by atoms with Crippen molar-refractivity contribution in [1.29, 1.82) is 0 Å². The molecular formula is C14H18. The van der Waals surface area contributed by atoms with E-state index in [1.54, 1.807) is 0 Å². The maximum atomic E-state index is 3.90. The third-order valence-corrected chi connectivity index (χ3v) is 1.55. The Bertz CT molecular complexity index is 288. The third kappa shape index (κ3) is 6.01. The average Bonchev–Trinajstić information content (AvgIpc) is 2.09. The lowest BCUT2D eigenvalue weighted by Crippen LogP contribution is -1.78. The molecule has 0 aliphatic heterocycles. The van der Waals surface area contributed by atoms with E-state index in [0.29, 0.717) is 0 Å². The first-order valence-corrected chi connectivity index (χ1v) is 4.49. The van der Waals surface area contributed by atoms with Gasteiger partial charge in [-0.25, -0.2) is 0 Å². The Balaban J connectivity index is 4.35. The van der Waals surface area contributed by atoms with Crippen molar-refractivity contribution in [1.82, 2.24) is 0 Å². The Labute approximate surface area is 87.3 Å². The van der Waals surface area contributed by atoms with Gasteiger partial charge in [0.1, 0.15) is 0 Å². The van der Waals surface area contributed by atoms with Crippen molar-refractivity contribution < 1.29 is 0 Å². The smallest absolute Gasteiger partial charge is 0.0262 e. The largest absolute Gasteiger partial charge is 0.0961 e. The fourth-order valence-electron chi connectivity index (χ4n) is 0.700. The predicted molar refractivity (Wildman–Crippen MR) is 66.2 cm³/mol. The highest BCUT2D eigenvalue weighted by Crippen LogP contribution is 2.10. The van der Waals surface area contributed by atoms with Crippen LogP contribution in [0.1, 0.15) is 13.8 Å². The van der Waals surface area contributed by atoms with E-state index in [-0.39, 0.29) is 0 Å². The standard InChI is InChI=1S/C14H18/c1-11(2)7-9-13(5)14(6)10-8-12(3)4/h7-10H,1,3,5-6H2,2,4H3/b9-7-,10-8-. The first-order chi connectivity index (χ1) is 6.43. The Kier molecular flexibility index (Phi) is 5.31. The van der Waals surface area contributed by atoms with Gasteiger partial charge in [-0.1, -0.05) is 61.8 Å². The van der Waals surface area contributed by atoms with Crippen LogP contribution in [0.3, 0.4) is 0 Å². The van der Waals surface area contributed by atoms with Gasteiger partial charge in [0.25, 0.3) is 0 Å². The van der Waals surface area contributed by atoms with Gasteiger partial charge in [0.05, 0.1) is 0 Å². The van der Waals surface area contributed by atoms with E-state index in [9.17, 15) is 0 Å². The molecule has 74 valence electrons. The number of hydrogen-bond acceptors (Lipinski definition) is 0. The van der Waals surface area contributed by atoms with Crippen LogP contribution in [-0.2, 0) is 0 Å². The molecule has 0 radical (unpaired) electrons. The monoisotopic (exact) mass is 186 g/mol. The van der Waals surface area contributed by atoms with E-state index in [1.807, 2.05) is 38.2 Å². The summed E-state index contributed by atoms with van der Waals surface area (Å²) < 4.78 is 0. The lowest BCUT2D eigenvalue weighted by Gasteiger charge is -1.98. The summed E-state index contributed by atoms with van der Waals surface area (Å²) in [6.07, 6.45) is 7.66.